The third-order valence-electron chi connectivity index (χ3n) is 4.73. The molecule has 2 fully saturated rings. The summed E-state index contributed by atoms with van der Waals surface area (Å²) in [5.74, 6) is -0.390. The topological polar surface area (TPSA) is 83.7 Å². The fourth-order valence-electron chi connectivity index (χ4n) is 3.47. The first-order chi connectivity index (χ1) is 11.0. The lowest BCUT2D eigenvalue weighted by Gasteiger charge is -2.20. The van der Waals surface area contributed by atoms with E-state index in [2.05, 4.69) is 5.16 Å². The van der Waals surface area contributed by atoms with E-state index < -0.39 is 0 Å². The molecule has 2 aliphatic rings. The van der Waals surface area contributed by atoms with Crippen molar-refractivity contribution in [1.82, 2.24) is 15.0 Å². The summed E-state index contributed by atoms with van der Waals surface area (Å²) in [5, 5.41) is 3.84. The van der Waals surface area contributed by atoms with Crippen LogP contribution in [-0.4, -0.2) is 46.3 Å². The molecular formula is C16H21N3O4. The van der Waals surface area contributed by atoms with Crippen LogP contribution in [0.25, 0.3) is 0 Å². The number of carbonyl (C=O) groups excluding carboxylic acids is 3. The summed E-state index contributed by atoms with van der Waals surface area (Å²) >= 11 is 0. The molecule has 3 rings (SSSR count). The predicted molar refractivity (Wildman–Crippen MR) is 79.9 cm³/mol. The second-order valence-corrected chi connectivity index (χ2v) is 6.44. The van der Waals surface area contributed by atoms with Crippen molar-refractivity contribution in [2.24, 2.45) is 11.8 Å². The fourth-order valence-corrected chi connectivity index (χ4v) is 3.47. The molecule has 1 aromatic heterocycles. The van der Waals surface area contributed by atoms with Crippen molar-refractivity contribution in [3.05, 3.63) is 17.5 Å². The maximum atomic E-state index is 12.4. The zero-order valence-corrected chi connectivity index (χ0v) is 13.4. The average Bonchev–Trinajstić information content (AvgIpc) is 3.04. The third-order valence-corrected chi connectivity index (χ3v) is 4.73. The van der Waals surface area contributed by atoms with Gasteiger partial charge in [-0.25, -0.2) is 0 Å². The maximum absolute atomic E-state index is 12.4. The molecule has 1 aliphatic carbocycles. The average molecular weight is 319 g/mol. The first kappa shape index (κ1) is 15.7. The first-order valence-corrected chi connectivity index (χ1v) is 7.98. The summed E-state index contributed by atoms with van der Waals surface area (Å²) in [6.07, 6.45) is 3.47. The zero-order chi connectivity index (χ0) is 16.6. The summed E-state index contributed by atoms with van der Waals surface area (Å²) < 4.78 is 4.97. The number of aryl methyl sites for hydroxylation is 1. The van der Waals surface area contributed by atoms with Gasteiger partial charge in [0.05, 0.1) is 18.4 Å². The van der Waals surface area contributed by atoms with Crippen LogP contribution in [0.2, 0.25) is 0 Å². The van der Waals surface area contributed by atoms with Gasteiger partial charge in [-0.3, -0.25) is 19.3 Å². The van der Waals surface area contributed by atoms with Crippen molar-refractivity contribution in [3.8, 4) is 0 Å². The van der Waals surface area contributed by atoms with Gasteiger partial charge in [-0.15, -0.1) is 0 Å². The molecule has 2 heterocycles. The molecule has 0 N–H and O–H groups in total. The van der Waals surface area contributed by atoms with Gasteiger partial charge in [0, 0.05) is 13.1 Å². The summed E-state index contributed by atoms with van der Waals surface area (Å²) in [6, 6.07) is 1.75. The Morgan fingerprint density at radius 3 is 2.43 bits per heavy atom. The van der Waals surface area contributed by atoms with Gasteiger partial charge in [-0.2, -0.15) is 0 Å². The molecule has 0 unspecified atom stereocenters. The van der Waals surface area contributed by atoms with Crippen LogP contribution < -0.4 is 0 Å². The van der Waals surface area contributed by atoms with E-state index in [1.54, 1.807) is 20.0 Å². The Morgan fingerprint density at radius 2 is 1.91 bits per heavy atom. The second kappa shape index (κ2) is 6.14. The highest BCUT2D eigenvalue weighted by Crippen LogP contribution is 2.37. The number of amides is 3. The number of nitrogens with zero attached hydrogens (tertiary/aromatic N) is 3. The SMILES string of the molecule is Cc1cc(CN(C)C(=O)CN2C(=O)[C@@H]3CCCC[C@H]3C2=O)no1. The number of rotatable bonds is 4. The van der Waals surface area contributed by atoms with Crippen LogP contribution >= 0.6 is 0 Å². The normalized spacial score (nSPS) is 24.0. The lowest BCUT2D eigenvalue weighted by Crippen LogP contribution is -2.41. The number of hydrogen-bond acceptors (Lipinski definition) is 5. The van der Waals surface area contributed by atoms with Crippen LogP contribution in [-0.2, 0) is 20.9 Å². The minimum atomic E-state index is -0.272. The van der Waals surface area contributed by atoms with E-state index in [0.29, 0.717) is 18.0 Å². The van der Waals surface area contributed by atoms with Crippen molar-refractivity contribution in [3.63, 3.8) is 0 Å². The van der Waals surface area contributed by atoms with E-state index in [0.717, 1.165) is 30.6 Å². The van der Waals surface area contributed by atoms with Crippen LogP contribution in [0.15, 0.2) is 10.6 Å². The molecule has 7 heteroatoms. The van der Waals surface area contributed by atoms with E-state index in [4.69, 9.17) is 4.52 Å². The van der Waals surface area contributed by atoms with Crippen LogP contribution in [0, 0.1) is 18.8 Å². The van der Waals surface area contributed by atoms with Gasteiger partial charge < -0.3 is 9.42 Å². The minimum Gasteiger partial charge on any atom is -0.361 e. The predicted octanol–water partition coefficient (Wildman–Crippen LogP) is 1.12. The molecule has 1 saturated heterocycles. The zero-order valence-electron chi connectivity index (χ0n) is 13.4. The molecule has 0 bridgehead atoms. The van der Waals surface area contributed by atoms with Gasteiger partial charge in [0.25, 0.3) is 0 Å². The number of aromatic nitrogens is 1. The van der Waals surface area contributed by atoms with Gasteiger partial charge in [0.2, 0.25) is 17.7 Å². The summed E-state index contributed by atoms with van der Waals surface area (Å²) in [7, 11) is 1.63. The molecule has 0 radical (unpaired) electrons. The summed E-state index contributed by atoms with van der Waals surface area (Å²) in [6.45, 7) is 1.89. The van der Waals surface area contributed by atoms with Crippen LogP contribution in [0.1, 0.15) is 37.1 Å². The Hall–Kier alpha value is -2.18. The van der Waals surface area contributed by atoms with Gasteiger partial charge in [-0.05, 0) is 19.8 Å². The number of likely N-dealkylation sites (tertiary alicyclic amines) is 1. The second-order valence-electron chi connectivity index (χ2n) is 6.44. The van der Waals surface area contributed by atoms with Crippen molar-refractivity contribution >= 4 is 17.7 Å². The van der Waals surface area contributed by atoms with Crippen molar-refractivity contribution in [1.29, 1.82) is 0 Å². The summed E-state index contributed by atoms with van der Waals surface area (Å²) in [5.41, 5.74) is 0.645. The molecule has 3 amide bonds. The Bertz CT molecular complexity index is 615. The molecule has 1 aromatic rings. The van der Waals surface area contributed by atoms with Gasteiger partial charge in [-0.1, -0.05) is 18.0 Å². The lowest BCUT2D eigenvalue weighted by molar-refractivity contribution is -0.146. The molecule has 0 spiro atoms. The molecule has 1 saturated carbocycles. The Kier molecular flexibility index (Phi) is 4.19. The highest BCUT2D eigenvalue weighted by Gasteiger charge is 2.48. The van der Waals surface area contributed by atoms with E-state index in [1.807, 2.05) is 0 Å². The smallest absolute Gasteiger partial charge is 0.242 e. The Morgan fingerprint density at radius 1 is 1.30 bits per heavy atom. The fraction of sp³-hybridized carbons (Fsp3) is 0.625. The Balaban J connectivity index is 1.62. The molecule has 7 nitrogen and oxygen atoms in total. The molecule has 1 aliphatic heterocycles. The lowest BCUT2D eigenvalue weighted by atomic mass is 9.81. The van der Waals surface area contributed by atoms with Gasteiger partial charge in [0.1, 0.15) is 18.0 Å². The minimum absolute atomic E-state index is 0.182. The number of hydrogen-bond donors (Lipinski definition) is 0. The molecule has 0 aromatic carbocycles. The number of likely N-dealkylation sites (N-methyl/N-ethyl adjacent to an activating group) is 1. The molecule has 124 valence electrons. The maximum Gasteiger partial charge on any atom is 0.242 e. The van der Waals surface area contributed by atoms with Crippen molar-refractivity contribution < 1.29 is 18.9 Å². The van der Waals surface area contributed by atoms with Crippen LogP contribution in [0.4, 0.5) is 0 Å². The molecular weight excluding hydrogens is 298 g/mol. The van der Waals surface area contributed by atoms with E-state index >= 15 is 0 Å². The number of carbonyl (C=O) groups is 3. The van der Waals surface area contributed by atoms with E-state index in [1.165, 1.54) is 4.90 Å². The number of imide groups is 1. The third kappa shape index (κ3) is 3.00. The van der Waals surface area contributed by atoms with Gasteiger partial charge >= 0.3 is 0 Å². The largest absolute Gasteiger partial charge is 0.361 e. The highest BCUT2D eigenvalue weighted by molar-refractivity contribution is 6.07. The first-order valence-electron chi connectivity index (χ1n) is 7.98. The quantitative estimate of drug-likeness (QED) is 0.777. The molecule has 23 heavy (non-hydrogen) atoms. The Labute approximate surface area is 134 Å². The van der Waals surface area contributed by atoms with Crippen LogP contribution in [0.5, 0.6) is 0 Å². The molecule has 2 atom stereocenters. The van der Waals surface area contributed by atoms with E-state index in [9.17, 15) is 14.4 Å². The number of fused-ring (bicyclic) bond motifs is 1. The summed E-state index contributed by atoms with van der Waals surface area (Å²) in [4.78, 5) is 39.7. The highest BCUT2D eigenvalue weighted by atomic mass is 16.5. The van der Waals surface area contributed by atoms with E-state index in [-0.39, 0.29) is 36.1 Å². The standard InChI is InChI=1S/C16H21N3O4/c1-10-7-11(17-23-10)8-18(2)14(20)9-19-15(21)12-5-3-4-6-13(12)16(19)22/h7,12-13H,3-6,8-9H2,1-2H3/t12-,13-/m1/s1. The van der Waals surface area contributed by atoms with Gasteiger partial charge in [0.15, 0.2) is 0 Å². The van der Waals surface area contributed by atoms with Crippen LogP contribution in [0.3, 0.4) is 0 Å². The monoisotopic (exact) mass is 319 g/mol. The van der Waals surface area contributed by atoms with Crippen molar-refractivity contribution in [2.75, 3.05) is 13.6 Å². The van der Waals surface area contributed by atoms with Crippen molar-refractivity contribution in [2.45, 2.75) is 39.2 Å².